The number of hydrogen-bond donors (Lipinski definition) is 1. The zero-order valence-electron chi connectivity index (χ0n) is 12.5. The lowest BCUT2D eigenvalue weighted by Gasteiger charge is -2.24. The van der Waals surface area contributed by atoms with E-state index in [-0.39, 0.29) is 4.90 Å². The minimum atomic E-state index is -3.48. The number of benzene rings is 1. The van der Waals surface area contributed by atoms with Crippen LogP contribution in [0.5, 0.6) is 0 Å². The maximum Gasteiger partial charge on any atom is 0.245 e. The van der Waals surface area contributed by atoms with Gasteiger partial charge in [0.25, 0.3) is 0 Å². The summed E-state index contributed by atoms with van der Waals surface area (Å²) in [6.07, 6.45) is 3.38. The second kappa shape index (κ2) is 5.59. The van der Waals surface area contributed by atoms with Gasteiger partial charge in [-0.15, -0.1) is 0 Å². The van der Waals surface area contributed by atoms with Crippen molar-refractivity contribution in [1.82, 2.24) is 9.21 Å². The minimum Gasteiger partial charge on any atom is -0.398 e. The van der Waals surface area contributed by atoms with Gasteiger partial charge < -0.3 is 5.73 Å². The molecule has 0 spiro atoms. The van der Waals surface area contributed by atoms with Gasteiger partial charge in [-0.2, -0.15) is 4.31 Å². The van der Waals surface area contributed by atoms with Crippen molar-refractivity contribution in [3.05, 3.63) is 23.8 Å². The van der Waals surface area contributed by atoms with Gasteiger partial charge >= 0.3 is 0 Å². The highest BCUT2D eigenvalue weighted by Crippen LogP contribution is 2.30. The van der Waals surface area contributed by atoms with Crippen LogP contribution in [0.4, 0.5) is 5.69 Å². The van der Waals surface area contributed by atoms with Crippen LogP contribution in [0.1, 0.15) is 24.8 Å². The van der Waals surface area contributed by atoms with Gasteiger partial charge in [-0.25, -0.2) is 8.42 Å². The lowest BCUT2D eigenvalue weighted by atomic mass is 10.2. The van der Waals surface area contributed by atoms with Crippen LogP contribution >= 0.6 is 0 Å². The van der Waals surface area contributed by atoms with Gasteiger partial charge in [0.05, 0.1) is 5.69 Å². The van der Waals surface area contributed by atoms with Gasteiger partial charge in [0.1, 0.15) is 4.90 Å². The third-order valence-corrected chi connectivity index (χ3v) is 6.71. The fourth-order valence-electron chi connectivity index (χ4n) is 3.49. The quantitative estimate of drug-likeness (QED) is 0.858. The van der Waals surface area contributed by atoms with E-state index in [4.69, 9.17) is 5.73 Å². The van der Waals surface area contributed by atoms with Crippen LogP contribution in [-0.4, -0.2) is 49.8 Å². The number of nitrogens with zero attached hydrogens (tertiary/aromatic N) is 2. The SMILES string of the molecule is Cc1cccc(N)c1S(=O)(=O)N1CCC(N2CCCC2)C1. The van der Waals surface area contributed by atoms with Crippen LogP contribution in [0, 0.1) is 6.92 Å². The average Bonchev–Trinajstić information content (AvgIpc) is 3.09. The lowest BCUT2D eigenvalue weighted by molar-refractivity contribution is 0.251. The van der Waals surface area contributed by atoms with Crippen LogP contribution in [-0.2, 0) is 10.0 Å². The molecule has 1 atom stereocenters. The van der Waals surface area contributed by atoms with Crippen LogP contribution in [0.15, 0.2) is 23.1 Å². The molecule has 2 saturated heterocycles. The molecule has 2 aliphatic rings. The molecular weight excluding hydrogens is 286 g/mol. The van der Waals surface area contributed by atoms with Crippen molar-refractivity contribution in [1.29, 1.82) is 0 Å². The number of hydrogen-bond acceptors (Lipinski definition) is 4. The maximum atomic E-state index is 12.9. The van der Waals surface area contributed by atoms with Crippen molar-refractivity contribution in [2.24, 2.45) is 0 Å². The highest BCUT2D eigenvalue weighted by atomic mass is 32.2. The van der Waals surface area contributed by atoms with E-state index in [0.717, 1.165) is 25.1 Å². The Bertz CT molecular complexity index is 604. The molecule has 116 valence electrons. The molecule has 0 aliphatic carbocycles. The van der Waals surface area contributed by atoms with Crippen LogP contribution < -0.4 is 5.73 Å². The smallest absolute Gasteiger partial charge is 0.245 e. The molecule has 1 aromatic rings. The largest absolute Gasteiger partial charge is 0.398 e. The third-order valence-electron chi connectivity index (χ3n) is 4.62. The van der Waals surface area contributed by atoms with Crippen molar-refractivity contribution in [2.75, 3.05) is 31.9 Å². The summed E-state index contributed by atoms with van der Waals surface area (Å²) in [5.74, 6) is 0. The molecule has 2 N–H and O–H groups in total. The molecular formula is C15H23N3O2S. The molecule has 0 amide bonds. The van der Waals surface area contributed by atoms with Gasteiger partial charge in [-0.3, -0.25) is 4.90 Å². The zero-order valence-corrected chi connectivity index (χ0v) is 13.3. The van der Waals surface area contributed by atoms with E-state index in [9.17, 15) is 8.42 Å². The van der Waals surface area contributed by atoms with Crippen LogP contribution in [0.2, 0.25) is 0 Å². The van der Waals surface area contributed by atoms with E-state index in [1.165, 1.54) is 12.8 Å². The number of anilines is 1. The fourth-order valence-corrected chi connectivity index (χ4v) is 5.30. The summed E-state index contributed by atoms with van der Waals surface area (Å²) < 4.78 is 27.3. The Morgan fingerprint density at radius 2 is 1.90 bits per heavy atom. The number of nitrogens with two attached hydrogens (primary N) is 1. The van der Waals surface area contributed by atoms with Crippen LogP contribution in [0.3, 0.4) is 0 Å². The number of sulfonamides is 1. The molecule has 3 rings (SSSR count). The van der Waals surface area contributed by atoms with E-state index in [2.05, 4.69) is 4.90 Å². The van der Waals surface area contributed by atoms with Crippen LogP contribution in [0.25, 0.3) is 0 Å². The van der Waals surface area contributed by atoms with Gasteiger partial charge in [-0.1, -0.05) is 12.1 Å². The molecule has 2 aliphatic heterocycles. The summed E-state index contributed by atoms with van der Waals surface area (Å²) in [6, 6.07) is 5.62. The van der Waals surface area contributed by atoms with Crippen molar-refractivity contribution in [2.45, 2.75) is 37.1 Å². The second-order valence-electron chi connectivity index (χ2n) is 6.04. The first-order chi connectivity index (χ1) is 10.00. The van der Waals surface area contributed by atoms with Gasteiger partial charge in [0.2, 0.25) is 10.0 Å². The first kappa shape index (κ1) is 14.8. The summed E-state index contributed by atoms with van der Waals surface area (Å²) in [4.78, 5) is 2.71. The molecule has 2 fully saturated rings. The summed E-state index contributed by atoms with van der Waals surface area (Å²) in [6.45, 7) is 5.20. The molecule has 0 aromatic heterocycles. The average molecular weight is 309 g/mol. The van der Waals surface area contributed by atoms with Crippen molar-refractivity contribution in [3.8, 4) is 0 Å². The van der Waals surface area contributed by atoms with E-state index in [1.807, 2.05) is 0 Å². The molecule has 0 saturated carbocycles. The molecule has 5 nitrogen and oxygen atoms in total. The number of nitrogen functional groups attached to an aromatic ring is 1. The Morgan fingerprint density at radius 1 is 1.19 bits per heavy atom. The molecule has 21 heavy (non-hydrogen) atoms. The molecule has 2 heterocycles. The van der Waals surface area contributed by atoms with E-state index in [0.29, 0.717) is 24.8 Å². The predicted octanol–water partition coefficient (Wildman–Crippen LogP) is 1.44. The fraction of sp³-hybridized carbons (Fsp3) is 0.600. The van der Waals surface area contributed by atoms with E-state index in [1.54, 1.807) is 29.4 Å². The van der Waals surface area contributed by atoms with E-state index < -0.39 is 10.0 Å². The monoisotopic (exact) mass is 309 g/mol. The topological polar surface area (TPSA) is 66.6 Å². The van der Waals surface area contributed by atoms with Gasteiger partial charge in [0.15, 0.2) is 0 Å². The molecule has 6 heteroatoms. The summed E-state index contributed by atoms with van der Waals surface area (Å²) >= 11 is 0. The highest BCUT2D eigenvalue weighted by Gasteiger charge is 2.37. The summed E-state index contributed by atoms with van der Waals surface area (Å²) in [5, 5.41) is 0. The second-order valence-corrected chi connectivity index (χ2v) is 7.92. The van der Waals surface area contributed by atoms with Crippen molar-refractivity contribution < 1.29 is 8.42 Å². The summed E-state index contributed by atoms with van der Waals surface area (Å²) in [5.41, 5.74) is 6.98. The van der Waals surface area contributed by atoms with Gasteiger partial charge in [0, 0.05) is 19.1 Å². The third kappa shape index (κ3) is 2.67. The Kier molecular flexibility index (Phi) is 3.94. The standard InChI is InChI=1S/C15H23N3O2S/c1-12-5-4-6-14(16)15(12)21(19,20)18-10-7-13(11-18)17-8-2-3-9-17/h4-6,13H,2-3,7-11,16H2,1H3. The molecule has 1 unspecified atom stereocenters. The number of aryl methyl sites for hydroxylation is 1. The predicted molar refractivity (Wildman–Crippen MR) is 83.6 cm³/mol. The summed E-state index contributed by atoms with van der Waals surface area (Å²) in [7, 11) is -3.48. The molecule has 0 radical (unpaired) electrons. The minimum absolute atomic E-state index is 0.284. The first-order valence-electron chi connectivity index (χ1n) is 7.59. The Hall–Kier alpha value is -1.11. The normalized spacial score (nSPS) is 24.7. The van der Waals surface area contributed by atoms with Gasteiger partial charge in [-0.05, 0) is 50.9 Å². The van der Waals surface area contributed by atoms with E-state index >= 15 is 0 Å². The number of rotatable bonds is 3. The Labute approximate surface area is 126 Å². The molecule has 0 bridgehead atoms. The Balaban J connectivity index is 1.83. The maximum absolute atomic E-state index is 12.9. The zero-order chi connectivity index (χ0) is 15.0. The van der Waals surface area contributed by atoms with Crippen molar-refractivity contribution in [3.63, 3.8) is 0 Å². The molecule has 1 aromatic carbocycles. The Morgan fingerprint density at radius 3 is 2.57 bits per heavy atom. The highest BCUT2D eigenvalue weighted by molar-refractivity contribution is 7.89. The number of likely N-dealkylation sites (tertiary alicyclic amines) is 1. The van der Waals surface area contributed by atoms with Crippen molar-refractivity contribution >= 4 is 15.7 Å². The first-order valence-corrected chi connectivity index (χ1v) is 9.03. The lowest BCUT2D eigenvalue weighted by Crippen LogP contribution is -2.37.